The standard InChI is InChI=1S/C21H16ClF4N3O6/c1-28-17(21(24,25)26)9-19(31)29(20(28)32)13-8-16(11(22)7-12(13)23)35-15-6-4-3-5-14(15)34-10-18(30)27-33-2/h3-9H,10H2,1-2H3,(H,27,30). The Bertz CT molecular complexity index is 1390. The van der Waals surface area contributed by atoms with Crippen LogP contribution in [0.25, 0.3) is 5.69 Å². The summed E-state index contributed by atoms with van der Waals surface area (Å²) in [6.45, 7) is -0.451. The molecule has 1 aromatic heterocycles. The van der Waals surface area contributed by atoms with E-state index in [2.05, 4.69) is 10.3 Å². The van der Waals surface area contributed by atoms with Gasteiger partial charge in [0.1, 0.15) is 17.3 Å². The van der Waals surface area contributed by atoms with Gasteiger partial charge in [-0.15, -0.1) is 0 Å². The van der Waals surface area contributed by atoms with E-state index >= 15 is 0 Å². The highest BCUT2D eigenvalue weighted by Gasteiger charge is 2.35. The third-order valence-corrected chi connectivity index (χ3v) is 4.79. The number of rotatable bonds is 7. The molecule has 0 bridgehead atoms. The molecule has 0 unspecified atom stereocenters. The van der Waals surface area contributed by atoms with Crippen molar-refractivity contribution in [2.24, 2.45) is 7.05 Å². The van der Waals surface area contributed by atoms with E-state index in [4.69, 9.17) is 21.1 Å². The summed E-state index contributed by atoms with van der Waals surface area (Å²) in [5.74, 6) is -1.94. The van der Waals surface area contributed by atoms with Crippen molar-refractivity contribution in [3.63, 3.8) is 0 Å². The smallest absolute Gasteiger partial charge is 0.431 e. The minimum atomic E-state index is -4.98. The Morgan fingerprint density at radius 3 is 2.37 bits per heavy atom. The van der Waals surface area contributed by atoms with Gasteiger partial charge in [-0.1, -0.05) is 23.7 Å². The van der Waals surface area contributed by atoms with Gasteiger partial charge in [0.15, 0.2) is 18.1 Å². The van der Waals surface area contributed by atoms with Crippen molar-refractivity contribution in [2.75, 3.05) is 13.7 Å². The number of nitrogens with one attached hydrogen (secondary N) is 1. The van der Waals surface area contributed by atoms with Gasteiger partial charge in [0.05, 0.1) is 17.8 Å². The van der Waals surface area contributed by atoms with Gasteiger partial charge in [-0.05, 0) is 18.2 Å². The summed E-state index contributed by atoms with van der Waals surface area (Å²) >= 11 is 6.05. The van der Waals surface area contributed by atoms with E-state index in [1.807, 2.05) is 0 Å². The molecule has 0 aliphatic carbocycles. The predicted molar refractivity (Wildman–Crippen MR) is 114 cm³/mol. The molecule has 0 saturated heterocycles. The largest absolute Gasteiger partial charge is 0.480 e. The molecule has 14 heteroatoms. The summed E-state index contributed by atoms with van der Waals surface area (Å²) in [5, 5.41) is -0.282. The second kappa shape index (κ2) is 10.2. The fourth-order valence-corrected chi connectivity index (χ4v) is 3.14. The Hall–Kier alpha value is -3.84. The first-order valence-electron chi connectivity index (χ1n) is 9.55. The highest BCUT2D eigenvalue weighted by Crippen LogP contribution is 2.37. The lowest BCUT2D eigenvalue weighted by Gasteiger charge is -2.16. The van der Waals surface area contributed by atoms with E-state index in [-0.39, 0.29) is 37.5 Å². The molecule has 35 heavy (non-hydrogen) atoms. The van der Waals surface area contributed by atoms with Crippen molar-refractivity contribution in [3.8, 4) is 22.9 Å². The van der Waals surface area contributed by atoms with Crippen LogP contribution in [0, 0.1) is 5.82 Å². The van der Waals surface area contributed by atoms with Crippen LogP contribution in [0.5, 0.6) is 17.2 Å². The number of amides is 1. The Morgan fingerprint density at radius 1 is 1.09 bits per heavy atom. The monoisotopic (exact) mass is 517 g/mol. The highest BCUT2D eigenvalue weighted by atomic mass is 35.5. The summed E-state index contributed by atoms with van der Waals surface area (Å²) in [7, 11) is 2.03. The fourth-order valence-electron chi connectivity index (χ4n) is 2.95. The van der Waals surface area contributed by atoms with E-state index in [0.29, 0.717) is 0 Å². The maximum atomic E-state index is 14.7. The molecule has 2 aromatic carbocycles. The quantitative estimate of drug-likeness (QED) is 0.382. The number of benzene rings is 2. The number of hydroxylamine groups is 1. The Morgan fingerprint density at radius 2 is 1.74 bits per heavy atom. The first kappa shape index (κ1) is 25.8. The summed E-state index contributed by atoms with van der Waals surface area (Å²) < 4.78 is 65.4. The number of carbonyl (C=O) groups excluding carboxylic acids is 1. The SMILES string of the molecule is CONC(=O)COc1ccccc1Oc1cc(-n2c(=O)cc(C(F)(F)F)n(C)c2=O)c(F)cc1Cl. The van der Waals surface area contributed by atoms with Crippen LogP contribution >= 0.6 is 11.6 Å². The molecule has 9 nitrogen and oxygen atoms in total. The lowest BCUT2D eigenvalue weighted by molar-refractivity contribution is -0.144. The number of halogens is 5. The number of ether oxygens (including phenoxy) is 2. The van der Waals surface area contributed by atoms with Crippen molar-refractivity contribution >= 4 is 17.5 Å². The number of alkyl halides is 3. The lowest BCUT2D eigenvalue weighted by atomic mass is 10.2. The molecule has 3 rings (SSSR count). The molecule has 3 aromatic rings. The number of aromatic nitrogens is 2. The molecule has 186 valence electrons. The van der Waals surface area contributed by atoms with Gasteiger partial charge in [-0.25, -0.2) is 19.2 Å². The molecular weight excluding hydrogens is 502 g/mol. The predicted octanol–water partition coefficient (Wildman–Crippen LogP) is 3.20. The van der Waals surface area contributed by atoms with E-state index in [1.165, 1.54) is 19.2 Å². The van der Waals surface area contributed by atoms with Crippen LogP contribution in [-0.2, 0) is 22.9 Å². The van der Waals surface area contributed by atoms with Crippen LogP contribution in [0.3, 0.4) is 0 Å². The van der Waals surface area contributed by atoms with E-state index in [1.54, 1.807) is 12.1 Å². The van der Waals surface area contributed by atoms with Crippen LogP contribution in [0.15, 0.2) is 52.1 Å². The zero-order chi connectivity index (χ0) is 25.9. The van der Waals surface area contributed by atoms with Crippen molar-refractivity contribution in [3.05, 3.63) is 79.8 Å². The molecule has 0 aliphatic heterocycles. The van der Waals surface area contributed by atoms with Crippen molar-refractivity contribution in [1.82, 2.24) is 14.6 Å². The molecule has 0 atom stereocenters. The van der Waals surface area contributed by atoms with E-state index in [9.17, 15) is 31.9 Å². The van der Waals surface area contributed by atoms with Crippen LogP contribution in [0.4, 0.5) is 17.6 Å². The molecule has 1 heterocycles. The molecule has 0 aliphatic rings. The Labute approximate surface area is 199 Å². The van der Waals surface area contributed by atoms with Crippen LogP contribution in [0.2, 0.25) is 5.02 Å². The average Bonchev–Trinajstić information content (AvgIpc) is 2.78. The summed E-state index contributed by atoms with van der Waals surface area (Å²) in [4.78, 5) is 40.9. The number of carbonyl (C=O) groups is 1. The van der Waals surface area contributed by atoms with Crippen molar-refractivity contribution in [1.29, 1.82) is 0 Å². The Balaban J connectivity index is 2.05. The van der Waals surface area contributed by atoms with Gasteiger partial charge >= 0.3 is 11.9 Å². The average molecular weight is 518 g/mol. The van der Waals surface area contributed by atoms with Gasteiger partial charge in [0.2, 0.25) is 0 Å². The highest BCUT2D eigenvalue weighted by molar-refractivity contribution is 6.32. The molecule has 0 fully saturated rings. The zero-order valence-corrected chi connectivity index (χ0v) is 18.7. The van der Waals surface area contributed by atoms with Gasteiger partial charge < -0.3 is 9.47 Å². The van der Waals surface area contributed by atoms with Gasteiger partial charge in [-0.2, -0.15) is 13.2 Å². The zero-order valence-electron chi connectivity index (χ0n) is 18.0. The number of hydrogen-bond donors (Lipinski definition) is 1. The third-order valence-electron chi connectivity index (χ3n) is 4.50. The number of para-hydroxylation sites is 2. The van der Waals surface area contributed by atoms with E-state index in [0.717, 1.165) is 19.2 Å². The first-order chi connectivity index (χ1) is 16.4. The number of hydrogen-bond acceptors (Lipinski definition) is 6. The molecule has 0 spiro atoms. The van der Waals surface area contributed by atoms with Crippen molar-refractivity contribution in [2.45, 2.75) is 6.18 Å². The fraction of sp³-hybridized carbons (Fsp3) is 0.190. The molecule has 1 amide bonds. The molecule has 1 N–H and O–H groups in total. The third kappa shape index (κ3) is 5.63. The topological polar surface area (TPSA) is 101 Å². The van der Waals surface area contributed by atoms with Crippen molar-refractivity contribution < 1.29 is 36.7 Å². The number of nitrogens with zero attached hydrogens (tertiary/aromatic N) is 2. The van der Waals surface area contributed by atoms with Gasteiger partial charge in [0, 0.05) is 19.2 Å². The van der Waals surface area contributed by atoms with Gasteiger partial charge in [-0.3, -0.25) is 19.0 Å². The minimum Gasteiger partial charge on any atom is -0.480 e. The summed E-state index contributed by atoms with van der Waals surface area (Å²) in [6, 6.07) is 7.76. The van der Waals surface area contributed by atoms with Crippen LogP contribution in [-0.4, -0.2) is 28.8 Å². The minimum absolute atomic E-state index is 0.0184. The molecule has 0 saturated carbocycles. The maximum absolute atomic E-state index is 14.7. The molecule has 0 radical (unpaired) electrons. The summed E-state index contributed by atoms with van der Waals surface area (Å²) in [6.07, 6.45) is -4.98. The second-order valence-electron chi connectivity index (χ2n) is 6.84. The first-order valence-corrected chi connectivity index (χ1v) is 9.93. The normalized spacial score (nSPS) is 11.3. The summed E-state index contributed by atoms with van der Waals surface area (Å²) in [5.41, 5.74) is -3.00. The van der Waals surface area contributed by atoms with Gasteiger partial charge in [0.25, 0.3) is 11.5 Å². The molecular formula is C21H16ClF4N3O6. The van der Waals surface area contributed by atoms with Crippen LogP contribution < -0.4 is 26.2 Å². The van der Waals surface area contributed by atoms with Crippen LogP contribution in [0.1, 0.15) is 5.69 Å². The Kier molecular flexibility index (Phi) is 7.51. The second-order valence-corrected chi connectivity index (χ2v) is 7.25. The lowest BCUT2D eigenvalue weighted by Crippen LogP contribution is -2.41. The maximum Gasteiger partial charge on any atom is 0.431 e. The van der Waals surface area contributed by atoms with E-state index < -0.39 is 47.1 Å².